The number of aromatic nitrogens is 2. The highest BCUT2D eigenvalue weighted by Crippen LogP contribution is 2.23. The number of anilines is 1. The summed E-state index contributed by atoms with van der Waals surface area (Å²) >= 11 is 12.0. The molecule has 3 rings (SSSR count). The molecule has 0 aliphatic rings. The first-order valence-electron chi connectivity index (χ1n) is 9.89. The molecular weight excluding hydrogens is 438 g/mol. The van der Waals surface area contributed by atoms with Gasteiger partial charge >= 0.3 is 0 Å². The second-order valence-electron chi connectivity index (χ2n) is 7.59. The second-order valence-corrected chi connectivity index (χ2v) is 8.36. The Labute approximate surface area is 191 Å². The van der Waals surface area contributed by atoms with Crippen LogP contribution in [-0.4, -0.2) is 21.9 Å². The molecule has 31 heavy (non-hydrogen) atoms. The van der Waals surface area contributed by atoms with Crippen LogP contribution >= 0.6 is 23.2 Å². The Morgan fingerprint density at radius 2 is 1.71 bits per heavy atom. The molecule has 1 amide bonds. The highest BCUT2D eigenvalue weighted by Gasteiger charge is 2.21. The fourth-order valence-electron chi connectivity index (χ4n) is 3.06. The molecule has 0 aliphatic carbocycles. The van der Waals surface area contributed by atoms with Crippen molar-refractivity contribution in [2.45, 2.75) is 32.9 Å². The minimum Gasteiger partial charge on any atom is -0.358 e. The zero-order valence-corrected chi connectivity index (χ0v) is 18.7. The molecule has 8 heteroatoms. The Kier molecular flexibility index (Phi) is 7.82. The summed E-state index contributed by atoms with van der Waals surface area (Å²) in [6.45, 7) is 4.47. The van der Waals surface area contributed by atoms with Gasteiger partial charge in [-0.3, -0.25) is 4.79 Å². The lowest BCUT2D eigenvalue weighted by Gasteiger charge is -2.21. The van der Waals surface area contributed by atoms with Crippen molar-refractivity contribution in [2.24, 2.45) is 5.92 Å². The molecule has 0 unspecified atom stereocenters. The van der Waals surface area contributed by atoms with Gasteiger partial charge in [0, 0.05) is 23.2 Å². The molecule has 0 bridgehead atoms. The van der Waals surface area contributed by atoms with Gasteiger partial charge in [0.2, 0.25) is 11.2 Å². The first-order chi connectivity index (χ1) is 14.8. The van der Waals surface area contributed by atoms with Crippen LogP contribution in [0.4, 0.5) is 10.2 Å². The summed E-state index contributed by atoms with van der Waals surface area (Å²) < 4.78 is 13.2. The van der Waals surface area contributed by atoms with E-state index in [9.17, 15) is 9.18 Å². The van der Waals surface area contributed by atoms with Gasteiger partial charge in [-0.2, -0.15) is 0 Å². The Morgan fingerprint density at radius 1 is 1.03 bits per heavy atom. The highest BCUT2D eigenvalue weighted by molar-refractivity contribution is 6.30. The summed E-state index contributed by atoms with van der Waals surface area (Å²) in [4.78, 5) is 21.3. The van der Waals surface area contributed by atoms with E-state index >= 15 is 0 Å². The van der Waals surface area contributed by atoms with Crippen LogP contribution in [-0.2, 0) is 11.3 Å². The number of carbonyl (C=O) groups excluding carboxylic acids is 1. The fraction of sp³-hybridized carbons (Fsp3) is 0.261. The molecule has 0 saturated carbocycles. The van der Waals surface area contributed by atoms with Crippen molar-refractivity contribution in [2.75, 3.05) is 5.32 Å². The molecular formula is C23H23Cl2FN4O. The number of halogens is 3. The van der Waals surface area contributed by atoms with Crippen LogP contribution in [0.3, 0.4) is 0 Å². The first kappa shape index (κ1) is 23.0. The lowest BCUT2D eigenvalue weighted by Crippen LogP contribution is -2.40. The fourth-order valence-corrected chi connectivity index (χ4v) is 3.36. The summed E-state index contributed by atoms with van der Waals surface area (Å²) in [5.41, 5.74) is 2.18. The van der Waals surface area contributed by atoms with E-state index in [1.807, 2.05) is 26.0 Å². The van der Waals surface area contributed by atoms with Crippen LogP contribution in [0, 0.1) is 11.7 Å². The number of carbonyl (C=O) groups is 1. The smallest absolute Gasteiger partial charge is 0.242 e. The zero-order valence-electron chi connectivity index (χ0n) is 17.2. The van der Waals surface area contributed by atoms with E-state index in [4.69, 9.17) is 23.2 Å². The predicted molar refractivity (Wildman–Crippen MR) is 123 cm³/mol. The molecule has 5 nitrogen and oxygen atoms in total. The lowest BCUT2D eigenvalue weighted by molar-refractivity contribution is -0.122. The van der Waals surface area contributed by atoms with Crippen LogP contribution in [0.2, 0.25) is 10.3 Å². The second kappa shape index (κ2) is 10.6. The van der Waals surface area contributed by atoms with Crippen molar-refractivity contribution < 1.29 is 9.18 Å². The quantitative estimate of drug-likeness (QED) is 0.421. The molecule has 1 aromatic heterocycles. The summed E-state index contributed by atoms with van der Waals surface area (Å²) in [5.74, 6) is 0.206. The number of nitrogens with one attached hydrogen (secondary N) is 2. The summed E-state index contributed by atoms with van der Waals surface area (Å²) in [5, 5.41) is 6.81. The van der Waals surface area contributed by atoms with Crippen LogP contribution in [0.5, 0.6) is 0 Å². The van der Waals surface area contributed by atoms with Gasteiger partial charge in [0.25, 0.3) is 0 Å². The maximum absolute atomic E-state index is 13.2. The van der Waals surface area contributed by atoms with Gasteiger partial charge in [-0.25, -0.2) is 14.4 Å². The van der Waals surface area contributed by atoms with Gasteiger partial charge in [-0.05, 0) is 65.9 Å². The first-order valence-corrected chi connectivity index (χ1v) is 10.6. The molecule has 0 saturated heterocycles. The molecule has 2 N–H and O–H groups in total. The third kappa shape index (κ3) is 6.91. The number of amides is 1. The standard InChI is InChI=1S/C23H23Cl2FN4O/c1-14(2)11-20(22(31)27-13-15-3-7-17(24)8-4-15)28-21-12-19(29-23(25)30-21)16-5-9-18(26)10-6-16/h3-10,12,14,20H,11,13H2,1-2H3,(H,27,31)(H,28,29,30)/t20-/m1/s1. The number of hydrogen-bond donors (Lipinski definition) is 2. The van der Waals surface area contributed by atoms with Crippen molar-refractivity contribution in [3.63, 3.8) is 0 Å². The average molecular weight is 461 g/mol. The Balaban J connectivity index is 1.75. The average Bonchev–Trinajstić information content (AvgIpc) is 2.72. The van der Waals surface area contributed by atoms with Crippen molar-refractivity contribution in [3.05, 3.63) is 76.3 Å². The lowest BCUT2D eigenvalue weighted by atomic mass is 10.0. The van der Waals surface area contributed by atoms with E-state index < -0.39 is 6.04 Å². The normalized spacial score (nSPS) is 11.9. The molecule has 0 aliphatic heterocycles. The van der Waals surface area contributed by atoms with E-state index in [0.29, 0.717) is 35.1 Å². The largest absolute Gasteiger partial charge is 0.358 e. The minimum absolute atomic E-state index is 0.0363. The maximum Gasteiger partial charge on any atom is 0.242 e. The van der Waals surface area contributed by atoms with E-state index in [-0.39, 0.29) is 22.9 Å². The van der Waals surface area contributed by atoms with Crippen molar-refractivity contribution in [3.8, 4) is 11.3 Å². The Hall–Kier alpha value is -2.70. The number of benzene rings is 2. The molecule has 0 spiro atoms. The molecule has 0 fully saturated rings. The molecule has 2 aromatic carbocycles. The van der Waals surface area contributed by atoms with E-state index in [1.54, 1.807) is 30.3 Å². The number of nitrogens with zero attached hydrogens (tertiary/aromatic N) is 2. The van der Waals surface area contributed by atoms with E-state index in [0.717, 1.165) is 5.56 Å². The topological polar surface area (TPSA) is 66.9 Å². The van der Waals surface area contributed by atoms with Crippen LogP contribution < -0.4 is 10.6 Å². The van der Waals surface area contributed by atoms with Crippen LogP contribution in [0.1, 0.15) is 25.8 Å². The highest BCUT2D eigenvalue weighted by atomic mass is 35.5. The molecule has 162 valence electrons. The van der Waals surface area contributed by atoms with Crippen molar-refractivity contribution >= 4 is 34.9 Å². The van der Waals surface area contributed by atoms with Gasteiger partial charge < -0.3 is 10.6 Å². The maximum atomic E-state index is 13.2. The summed E-state index contributed by atoms with van der Waals surface area (Å²) in [6, 6.07) is 14.4. The number of rotatable bonds is 8. The number of hydrogen-bond acceptors (Lipinski definition) is 4. The Bertz CT molecular complexity index is 1030. The van der Waals surface area contributed by atoms with Crippen molar-refractivity contribution in [1.29, 1.82) is 0 Å². The SMILES string of the molecule is CC(C)C[C@@H](Nc1cc(-c2ccc(F)cc2)nc(Cl)n1)C(=O)NCc1ccc(Cl)cc1. The minimum atomic E-state index is -0.515. The van der Waals surface area contributed by atoms with Crippen molar-refractivity contribution in [1.82, 2.24) is 15.3 Å². The van der Waals surface area contributed by atoms with Crippen LogP contribution in [0.25, 0.3) is 11.3 Å². The van der Waals surface area contributed by atoms with Gasteiger partial charge in [-0.15, -0.1) is 0 Å². The van der Waals surface area contributed by atoms with Gasteiger partial charge in [0.1, 0.15) is 17.7 Å². The predicted octanol–water partition coefficient (Wildman–Crippen LogP) is 5.73. The third-order valence-corrected chi connectivity index (χ3v) is 4.99. The van der Waals surface area contributed by atoms with Gasteiger partial charge in [-0.1, -0.05) is 37.6 Å². The van der Waals surface area contributed by atoms with Gasteiger partial charge in [0.15, 0.2) is 0 Å². The van der Waals surface area contributed by atoms with Gasteiger partial charge in [0.05, 0.1) is 5.69 Å². The molecule has 3 aromatic rings. The summed E-state index contributed by atoms with van der Waals surface area (Å²) in [7, 11) is 0. The Morgan fingerprint density at radius 3 is 2.35 bits per heavy atom. The molecule has 1 atom stereocenters. The van der Waals surface area contributed by atoms with Crippen LogP contribution in [0.15, 0.2) is 54.6 Å². The summed E-state index contributed by atoms with van der Waals surface area (Å²) in [6.07, 6.45) is 0.597. The van der Waals surface area contributed by atoms with E-state index in [2.05, 4.69) is 20.6 Å². The molecule has 1 heterocycles. The zero-order chi connectivity index (χ0) is 22.4. The molecule has 0 radical (unpaired) electrons. The monoisotopic (exact) mass is 460 g/mol. The van der Waals surface area contributed by atoms with E-state index in [1.165, 1.54) is 12.1 Å². The third-order valence-electron chi connectivity index (χ3n) is 4.56.